The minimum Gasteiger partial charge on any atom is -0.370 e. The number of nitrogens with one attached hydrogen (secondary N) is 1. The monoisotopic (exact) mass is 434 g/mol. The molecule has 2 aromatic rings. The van der Waals surface area contributed by atoms with Crippen molar-refractivity contribution in [3.05, 3.63) is 70.3 Å². The van der Waals surface area contributed by atoms with Crippen molar-refractivity contribution in [2.75, 3.05) is 33.3 Å². The summed E-state index contributed by atoms with van der Waals surface area (Å²) < 4.78 is 6.08. The van der Waals surface area contributed by atoms with Crippen molar-refractivity contribution >= 4 is 11.9 Å². The number of nitrogens with zero attached hydrogens (tertiary/aromatic N) is 3. The second-order valence-corrected chi connectivity index (χ2v) is 8.76. The summed E-state index contributed by atoms with van der Waals surface area (Å²) in [6.45, 7) is 8.71. The Morgan fingerprint density at radius 2 is 1.88 bits per heavy atom. The normalized spacial score (nSPS) is 18.6. The van der Waals surface area contributed by atoms with E-state index in [1.54, 1.807) is 0 Å². The first-order valence-electron chi connectivity index (χ1n) is 11.5. The third kappa shape index (κ3) is 5.13. The number of carbonyl (C=O) groups is 1. The number of ether oxygens (including phenoxy) is 1. The van der Waals surface area contributed by atoms with Gasteiger partial charge in [0.25, 0.3) is 0 Å². The molecule has 0 aromatic heterocycles. The van der Waals surface area contributed by atoms with Crippen LogP contribution in [0, 0.1) is 13.8 Å². The van der Waals surface area contributed by atoms with Crippen LogP contribution in [-0.4, -0.2) is 55.0 Å². The molecule has 2 aromatic carbocycles. The van der Waals surface area contributed by atoms with Gasteiger partial charge in [0.2, 0.25) is 5.91 Å². The largest absolute Gasteiger partial charge is 0.370 e. The molecule has 32 heavy (non-hydrogen) atoms. The third-order valence-corrected chi connectivity index (χ3v) is 6.39. The highest BCUT2D eigenvalue weighted by molar-refractivity contribution is 5.80. The van der Waals surface area contributed by atoms with Crippen molar-refractivity contribution in [1.29, 1.82) is 0 Å². The Hall–Kier alpha value is -2.86. The van der Waals surface area contributed by atoms with Crippen LogP contribution in [0.3, 0.4) is 0 Å². The molecule has 2 aliphatic heterocycles. The van der Waals surface area contributed by atoms with E-state index in [0.29, 0.717) is 13.0 Å². The standard InChI is InChI=1S/C26H34N4O2/c1-19-10-11-23(20(2)15-19)24-18-29(13-14-32-24)26(27-3)28-12-6-9-25(31)30-16-21-7-4-5-8-22(21)17-30/h4-5,7-8,10-11,15,24H,6,9,12-14,16-18H2,1-3H3,(H,27,28). The minimum absolute atomic E-state index is 0.0428. The maximum absolute atomic E-state index is 12.6. The fraction of sp³-hybridized carbons (Fsp3) is 0.462. The Balaban J connectivity index is 1.24. The molecular weight excluding hydrogens is 400 g/mol. The van der Waals surface area contributed by atoms with Crippen LogP contribution in [0.15, 0.2) is 47.5 Å². The highest BCUT2D eigenvalue weighted by Gasteiger charge is 2.26. The van der Waals surface area contributed by atoms with E-state index >= 15 is 0 Å². The molecule has 6 nitrogen and oxygen atoms in total. The fourth-order valence-corrected chi connectivity index (χ4v) is 4.66. The average molecular weight is 435 g/mol. The number of carbonyl (C=O) groups excluding carboxylic acids is 1. The Morgan fingerprint density at radius 1 is 1.12 bits per heavy atom. The molecule has 0 aliphatic carbocycles. The van der Waals surface area contributed by atoms with Gasteiger partial charge in [0.1, 0.15) is 6.10 Å². The highest BCUT2D eigenvalue weighted by Crippen LogP contribution is 2.26. The third-order valence-electron chi connectivity index (χ3n) is 6.39. The molecule has 1 saturated heterocycles. The number of guanidine groups is 1. The van der Waals surface area contributed by atoms with Crippen molar-refractivity contribution in [3.8, 4) is 0 Å². The number of aliphatic imine (C=N–C) groups is 1. The van der Waals surface area contributed by atoms with Crippen molar-refractivity contribution in [2.24, 2.45) is 4.99 Å². The lowest BCUT2D eigenvalue weighted by Crippen LogP contribution is -2.48. The predicted octanol–water partition coefficient (Wildman–Crippen LogP) is 3.57. The van der Waals surface area contributed by atoms with Crippen LogP contribution in [-0.2, 0) is 22.6 Å². The number of amides is 1. The van der Waals surface area contributed by atoms with E-state index in [1.165, 1.54) is 27.8 Å². The molecule has 4 rings (SSSR count). The van der Waals surface area contributed by atoms with Gasteiger partial charge in [0.15, 0.2) is 5.96 Å². The fourth-order valence-electron chi connectivity index (χ4n) is 4.66. The first-order valence-corrected chi connectivity index (χ1v) is 11.5. The Labute approximate surface area is 191 Å². The molecular formula is C26H34N4O2. The summed E-state index contributed by atoms with van der Waals surface area (Å²) >= 11 is 0. The van der Waals surface area contributed by atoms with Crippen LogP contribution in [0.2, 0.25) is 0 Å². The SMILES string of the molecule is CN=C(NCCCC(=O)N1Cc2ccccc2C1)N1CCOC(c2ccc(C)cc2C)C1. The topological polar surface area (TPSA) is 57.2 Å². The zero-order valence-corrected chi connectivity index (χ0v) is 19.4. The molecule has 0 spiro atoms. The lowest BCUT2D eigenvalue weighted by atomic mass is 10.00. The van der Waals surface area contributed by atoms with Crippen molar-refractivity contribution in [2.45, 2.75) is 45.9 Å². The van der Waals surface area contributed by atoms with Gasteiger partial charge in [-0.3, -0.25) is 9.79 Å². The van der Waals surface area contributed by atoms with Crippen molar-refractivity contribution in [3.63, 3.8) is 0 Å². The quantitative estimate of drug-likeness (QED) is 0.444. The number of hydrogen-bond donors (Lipinski definition) is 1. The summed E-state index contributed by atoms with van der Waals surface area (Å²) in [5.74, 6) is 1.10. The highest BCUT2D eigenvalue weighted by atomic mass is 16.5. The summed E-state index contributed by atoms with van der Waals surface area (Å²) in [5, 5.41) is 3.45. The number of fused-ring (bicyclic) bond motifs is 1. The van der Waals surface area contributed by atoms with Crippen LogP contribution in [0.1, 0.15) is 46.8 Å². The smallest absolute Gasteiger partial charge is 0.223 e. The summed E-state index contributed by atoms with van der Waals surface area (Å²) in [7, 11) is 1.82. The summed E-state index contributed by atoms with van der Waals surface area (Å²) in [4.78, 5) is 21.3. The second-order valence-electron chi connectivity index (χ2n) is 8.76. The average Bonchev–Trinajstić information content (AvgIpc) is 3.23. The van der Waals surface area contributed by atoms with Crippen LogP contribution < -0.4 is 5.32 Å². The van der Waals surface area contributed by atoms with Gasteiger partial charge in [0, 0.05) is 39.6 Å². The Morgan fingerprint density at radius 3 is 2.56 bits per heavy atom. The van der Waals surface area contributed by atoms with Gasteiger partial charge >= 0.3 is 0 Å². The van der Waals surface area contributed by atoms with E-state index in [-0.39, 0.29) is 12.0 Å². The summed E-state index contributed by atoms with van der Waals surface area (Å²) in [6.07, 6.45) is 1.38. The van der Waals surface area contributed by atoms with Crippen LogP contribution in [0.5, 0.6) is 0 Å². The molecule has 2 heterocycles. The van der Waals surface area contributed by atoms with E-state index < -0.39 is 0 Å². The van der Waals surface area contributed by atoms with Crippen molar-refractivity contribution in [1.82, 2.24) is 15.1 Å². The number of hydrogen-bond acceptors (Lipinski definition) is 3. The molecule has 0 bridgehead atoms. The lowest BCUT2D eigenvalue weighted by molar-refractivity contribution is -0.131. The summed E-state index contributed by atoms with van der Waals surface area (Å²) in [5.41, 5.74) is 6.31. The van der Waals surface area contributed by atoms with Crippen LogP contribution >= 0.6 is 0 Å². The van der Waals surface area contributed by atoms with Crippen molar-refractivity contribution < 1.29 is 9.53 Å². The molecule has 1 unspecified atom stereocenters. The first-order chi connectivity index (χ1) is 15.5. The lowest BCUT2D eigenvalue weighted by Gasteiger charge is -2.36. The molecule has 2 aliphatic rings. The van der Waals surface area contributed by atoms with E-state index in [4.69, 9.17) is 4.74 Å². The van der Waals surface area contributed by atoms with E-state index in [1.807, 2.05) is 24.1 Å². The van der Waals surface area contributed by atoms with E-state index in [2.05, 4.69) is 59.4 Å². The maximum atomic E-state index is 12.6. The molecule has 0 saturated carbocycles. The zero-order valence-electron chi connectivity index (χ0n) is 19.4. The Kier molecular flexibility index (Phi) is 7.10. The van der Waals surface area contributed by atoms with Crippen LogP contribution in [0.4, 0.5) is 0 Å². The number of rotatable bonds is 5. The minimum atomic E-state index is 0.0428. The summed E-state index contributed by atoms with van der Waals surface area (Å²) in [6, 6.07) is 14.8. The van der Waals surface area contributed by atoms with Crippen LogP contribution in [0.25, 0.3) is 0 Å². The molecule has 0 radical (unpaired) electrons. The number of morpholine rings is 1. The van der Waals surface area contributed by atoms with Gasteiger partial charge in [0.05, 0.1) is 13.2 Å². The predicted molar refractivity (Wildman–Crippen MR) is 127 cm³/mol. The maximum Gasteiger partial charge on any atom is 0.223 e. The zero-order chi connectivity index (χ0) is 22.5. The molecule has 1 atom stereocenters. The molecule has 170 valence electrons. The van der Waals surface area contributed by atoms with Gasteiger partial charge in [-0.05, 0) is 42.5 Å². The molecule has 1 amide bonds. The number of benzene rings is 2. The van der Waals surface area contributed by atoms with Gasteiger partial charge < -0.3 is 19.9 Å². The first kappa shape index (κ1) is 22.3. The molecule has 6 heteroatoms. The van der Waals surface area contributed by atoms with Gasteiger partial charge in [-0.2, -0.15) is 0 Å². The van der Waals surface area contributed by atoms with Gasteiger partial charge in [-0.25, -0.2) is 0 Å². The molecule has 1 N–H and O–H groups in total. The van der Waals surface area contributed by atoms with Gasteiger partial charge in [-0.1, -0.05) is 48.0 Å². The molecule has 1 fully saturated rings. The second kappa shape index (κ2) is 10.2. The van der Waals surface area contributed by atoms with Gasteiger partial charge in [-0.15, -0.1) is 0 Å². The number of aryl methyl sites for hydroxylation is 2. The van der Waals surface area contributed by atoms with E-state index in [9.17, 15) is 4.79 Å². The van der Waals surface area contributed by atoms with E-state index in [0.717, 1.165) is 45.1 Å². The Bertz CT molecular complexity index is 963.